The zero-order valence-electron chi connectivity index (χ0n) is 9.79. The number of carbonyl (C=O) groups excluding carboxylic acids is 1. The van der Waals surface area contributed by atoms with Crippen LogP contribution >= 0.6 is 31.9 Å². The fraction of sp³-hybridized carbons (Fsp3) is 0.0714. The third-order valence-corrected chi connectivity index (χ3v) is 3.84. The molecule has 0 atom stereocenters. The van der Waals surface area contributed by atoms with E-state index in [2.05, 4.69) is 31.9 Å². The maximum absolute atomic E-state index is 13.7. The molecule has 0 fully saturated rings. The molecule has 0 aliphatic carbocycles. The molecule has 0 bridgehead atoms. The summed E-state index contributed by atoms with van der Waals surface area (Å²) in [5, 5.41) is 0. The molecule has 0 aliphatic rings. The van der Waals surface area contributed by atoms with Crippen molar-refractivity contribution in [3.63, 3.8) is 0 Å². The van der Waals surface area contributed by atoms with Crippen LogP contribution in [0.5, 0.6) is 0 Å². The molecule has 19 heavy (non-hydrogen) atoms. The number of nitrogens with two attached hydrogens (primary N) is 1. The molecule has 0 saturated carbocycles. The summed E-state index contributed by atoms with van der Waals surface area (Å²) >= 11 is 6.48. The first-order valence-electron chi connectivity index (χ1n) is 5.49. The number of rotatable bonds is 3. The van der Waals surface area contributed by atoms with Gasteiger partial charge in [-0.3, -0.25) is 4.79 Å². The van der Waals surface area contributed by atoms with Gasteiger partial charge in [0, 0.05) is 26.6 Å². The summed E-state index contributed by atoms with van der Waals surface area (Å²) in [6, 6.07) is 9.64. The minimum atomic E-state index is -0.400. The van der Waals surface area contributed by atoms with Crippen molar-refractivity contribution in [3.05, 3.63) is 62.3 Å². The van der Waals surface area contributed by atoms with Crippen molar-refractivity contribution in [2.24, 2.45) is 0 Å². The zero-order valence-corrected chi connectivity index (χ0v) is 13.0. The lowest BCUT2D eigenvalue weighted by Crippen LogP contribution is -2.06. The Morgan fingerprint density at radius 1 is 1.16 bits per heavy atom. The van der Waals surface area contributed by atoms with E-state index in [9.17, 15) is 9.18 Å². The molecule has 2 nitrogen and oxygen atoms in total. The van der Waals surface area contributed by atoms with Crippen LogP contribution in [0, 0.1) is 5.82 Å². The van der Waals surface area contributed by atoms with Crippen LogP contribution < -0.4 is 5.73 Å². The summed E-state index contributed by atoms with van der Waals surface area (Å²) in [7, 11) is 0. The molecule has 0 radical (unpaired) electrons. The molecular weight excluding hydrogens is 377 g/mol. The van der Waals surface area contributed by atoms with E-state index >= 15 is 0 Å². The normalized spacial score (nSPS) is 10.5. The highest BCUT2D eigenvalue weighted by Gasteiger charge is 2.13. The molecule has 0 aliphatic heterocycles. The minimum absolute atomic E-state index is 0.00116. The van der Waals surface area contributed by atoms with Gasteiger partial charge in [-0.15, -0.1) is 0 Å². The van der Waals surface area contributed by atoms with Crippen molar-refractivity contribution in [1.82, 2.24) is 0 Å². The Kier molecular flexibility index (Phi) is 4.37. The summed E-state index contributed by atoms with van der Waals surface area (Å²) in [4.78, 5) is 12.2. The van der Waals surface area contributed by atoms with Gasteiger partial charge < -0.3 is 5.73 Å². The van der Waals surface area contributed by atoms with Gasteiger partial charge >= 0.3 is 0 Å². The van der Waals surface area contributed by atoms with Crippen molar-refractivity contribution in [2.45, 2.75) is 6.42 Å². The van der Waals surface area contributed by atoms with E-state index in [0.29, 0.717) is 25.8 Å². The second-order valence-corrected chi connectivity index (χ2v) is 5.84. The lowest BCUT2D eigenvalue weighted by atomic mass is 10.0. The number of halogens is 3. The van der Waals surface area contributed by atoms with E-state index in [1.807, 2.05) is 0 Å². The Morgan fingerprint density at radius 2 is 1.89 bits per heavy atom. The maximum Gasteiger partial charge on any atom is 0.168 e. The molecule has 0 amide bonds. The number of Topliss-reactive ketones (excluding diaryl/α,β-unsaturated/α-hetero) is 1. The largest absolute Gasteiger partial charge is 0.399 e. The average Bonchev–Trinajstić information content (AvgIpc) is 2.35. The Bertz CT molecular complexity index is 643. The Morgan fingerprint density at radius 3 is 2.58 bits per heavy atom. The molecule has 5 heteroatoms. The predicted molar refractivity (Wildman–Crippen MR) is 80.7 cm³/mol. The highest BCUT2D eigenvalue weighted by Crippen LogP contribution is 2.23. The molecule has 0 heterocycles. The van der Waals surface area contributed by atoms with Crippen molar-refractivity contribution in [1.29, 1.82) is 0 Å². The monoisotopic (exact) mass is 385 g/mol. The Hall–Kier alpha value is -1.20. The first-order chi connectivity index (χ1) is 8.97. The topological polar surface area (TPSA) is 43.1 Å². The van der Waals surface area contributed by atoms with Crippen molar-refractivity contribution < 1.29 is 9.18 Å². The van der Waals surface area contributed by atoms with Gasteiger partial charge in [0.1, 0.15) is 5.82 Å². The molecule has 0 aromatic heterocycles. The lowest BCUT2D eigenvalue weighted by Gasteiger charge is -2.06. The van der Waals surface area contributed by atoms with Crippen LogP contribution in [-0.4, -0.2) is 5.78 Å². The van der Waals surface area contributed by atoms with E-state index < -0.39 is 5.82 Å². The predicted octanol–water partition coefficient (Wildman–Crippen LogP) is 4.36. The summed E-state index contributed by atoms with van der Waals surface area (Å²) in [5.41, 5.74) is 6.98. The van der Waals surface area contributed by atoms with Crippen molar-refractivity contribution in [2.75, 3.05) is 5.73 Å². The van der Waals surface area contributed by atoms with E-state index in [-0.39, 0.29) is 12.2 Å². The van der Waals surface area contributed by atoms with E-state index in [1.165, 1.54) is 6.07 Å². The molecule has 0 unspecified atom stereocenters. The summed E-state index contributed by atoms with van der Waals surface area (Å²) < 4.78 is 15.0. The summed E-state index contributed by atoms with van der Waals surface area (Å²) in [5.74, 6) is -0.580. The Balaban J connectivity index is 2.28. The number of carbonyl (C=O) groups is 1. The second kappa shape index (κ2) is 5.84. The number of benzene rings is 2. The van der Waals surface area contributed by atoms with Crippen LogP contribution in [0.4, 0.5) is 10.1 Å². The number of nitrogen functional groups attached to an aromatic ring is 1. The van der Waals surface area contributed by atoms with Crippen molar-refractivity contribution >= 4 is 43.3 Å². The minimum Gasteiger partial charge on any atom is -0.399 e. The molecule has 2 aromatic rings. The fourth-order valence-electron chi connectivity index (χ4n) is 1.69. The van der Waals surface area contributed by atoms with E-state index in [0.717, 1.165) is 0 Å². The van der Waals surface area contributed by atoms with Gasteiger partial charge in [0.15, 0.2) is 5.78 Å². The SMILES string of the molecule is Nc1ccc(Br)c(C(=O)Cc2ccc(Br)cc2F)c1. The lowest BCUT2D eigenvalue weighted by molar-refractivity contribution is 0.0991. The number of hydrogen-bond acceptors (Lipinski definition) is 2. The molecule has 2 N–H and O–H groups in total. The van der Waals surface area contributed by atoms with Gasteiger partial charge in [-0.2, -0.15) is 0 Å². The standard InChI is InChI=1S/C14H10Br2FNO/c15-9-2-1-8(13(17)6-9)5-14(19)11-7-10(18)3-4-12(11)16/h1-4,6-7H,5,18H2. The zero-order chi connectivity index (χ0) is 14.0. The number of hydrogen-bond donors (Lipinski definition) is 1. The molecular formula is C14H10Br2FNO. The first-order valence-corrected chi connectivity index (χ1v) is 7.08. The first kappa shape index (κ1) is 14.2. The molecule has 2 rings (SSSR count). The van der Waals surface area contributed by atoms with Crippen LogP contribution in [0.1, 0.15) is 15.9 Å². The van der Waals surface area contributed by atoms with E-state index in [1.54, 1.807) is 30.3 Å². The van der Waals surface area contributed by atoms with Gasteiger partial charge in [0.2, 0.25) is 0 Å². The molecule has 0 saturated heterocycles. The smallest absolute Gasteiger partial charge is 0.168 e. The molecule has 0 spiro atoms. The third-order valence-electron chi connectivity index (χ3n) is 2.66. The van der Waals surface area contributed by atoms with Crippen molar-refractivity contribution in [3.8, 4) is 0 Å². The van der Waals surface area contributed by atoms with Gasteiger partial charge in [0.05, 0.1) is 0 Å². The highest BCUT2D eigenvalue weighted by molar-refractivity contribution is 9.10. The maximum atomic E-state index is 13.7. The van der Waals surface area contributed by atoms with Crippen LogP contribution in [0.2, 0.25) is 0 Å². The second-order valence-electron chi connectivity index (χ2n) is 4.07. The summed E-state index contributed by atoms with van der Waals surface area (Å²) in [6.07, 6.45) is 0.00116. The van der Waals surface area contributed by atoms with Gasteiger partial charge in [-0.25, -0.2) is 4.39 Å². The van der Waals surface area contributed by atoms with E-state index in [4.69, 9.17) is 5.73 Å². The van der Waals surface area contributed by atoms with Gasteiger partial charge in [-0.05, 0) is 35.9 Å². The average molecular weight is 387 g/mol. The number of ketones is 1. The highest BCUT2D eigenvalue weighted by atomic mass is 79.9. The van der Waals surface area contributed by atoms with Crippen LogP contribution in [0.3, 0.4) is 0 Å². The van der Waals surface area contributed by atoms with Crippen LogP contribution in [-0.2, 0) is 6.42 Å². The quantitative estimate of drug-likeness (QED) is 0.629. The molecule has 2 aromatic carbocycles. The Labute approximate surface area is 127 Å². The fourth-order valence-corrected chi connectivity index (χ4v) is 2.49. The van der Waals surface area contributed by atoms with Gasteiger partial charge in [0.25, 0.3) is 0 Å². The summed E-state index contributed by atoms with van der Waals surface area (Å²) in [6.45, 7) is 0. The third kappa shape index (κ3) is 3.42. The van der Waals surface area contributed by atoms with Crippen LogP contribution in [0.15, 0.2) is 45.3 Å². The van der Waals surface area contributed by atoms with Crippen LogP contribution in [0.25, 0.3) is 0 Å². The number of anilines is 1. The molecule has 98 valence electrons. The van der Waals surface area contributed by atoms with Gasteiger partial charge in [-0.1, -0.05) is 37.9 Å².